The first-order valence-corrected chi connectivity index (χ1v) is 5.18. The van der Waals surface area contributed by atoms with Crippen LogP contribution in [-0.4, -0.2) is 12.1 Å². The van der Waals surface area contributed by atoms with Gasteiger partial charge in [-0.05, 0) is 32.2 Å². The second-order valence-electron chi connectivity index (χ2n) is 3.82. The van der Waals surface area contributed by atoms with Gasteiger partial charge in [0.15, 0.2) is 0 Å². The first-order valence-electron chi connectivity index (χ1n) is 5.18. The predicted octanol–water partition coefficient (Wildman–Crippen LogP) is 2.87. The predicted molar refractivity (Wildman–Crippen MR) is 54.3 cm³/mol. The summed E-state index contributed by atoms with van der Waals surface area (Å²) in [6.45, 7) is 9.87. The van der Waals surface area contributed by atoms with Gasteiger partial charge in [-0.15, -0.1) is 0 Å². The van der Waals surface area contributed by atoms with Crippen molar-refractivity contribution in [3.05, 3.63) is 12.2 Å². The molecule has 70 valence electrons. The molecule has 1 aliphatic heterocycles. The minimum absolute atomic E-state index is 0.302. The van der Waals surface area contributed by atoms with Crippen LogP contribution in [-0.2, 0) is 0 Å². The summed E-state index contributed by atoms with van der Waals surface area (Å²) in [5, 5.41) is 3.60. The third-order valence-corrected chi connectivity index (χ3v) is 3.08. The Bertz CT molecular complexity index is 154. The molecule has 12 heavy (non-hydrogen) atoms. The molecule has 1 N–H and O–H groups in total. The van der Waals surface area contributed by atoms with Gasteiger partial charge in [-0.2, -0.15) is 0 Å². The minimum atomic E-state index is 0.302. The Morgan fingerprint density at radius 2 is 2.25 bits per heavy atom. The molecule has 1 nitrogen and oxygen atoms in total. The maximum absolute atomic E-state index is 4.21. The fourth-order valence-electron chi connectivity index (χ4n) is 2.20. The lowest BCUT2D eigenvalue weighted by atomic mass is 9.84. The van der Waals surface area contributed by atoms with E-state index >= 15 is 0 Å². The van der Waals surface area contributed by atoms with Gasteiger partial charge >= 0.3 is 0 Å². The molecule has 1 rings (SSSR count). The number of hydrogen-bond acceptors (Lipinski definition) is 1. The van der Waals surface area contributed by atoms with Gasteiger partial charge in [0.1, 0.15) is 0 Å². The molecule has 1 saturated heterocycles. The molecule has 0 aromatic carbocycles. The molecule has 0 aromatic rings. The number of rotatable bonds is 4. The molecular formula is C11H21N. The largest absolute Gasteiger partial charge is 0.308 e. The first-order chi connectivity index (χ1) is 5.75. The molecule has 0 spiro atoms. The van der Waals surface area contributed by atoms with Gasteiger partial charge in [0.2, 0.25) is 0 Å². The summed E-state index contributed by atoms with van der Waals surface area (Å²) < 4.78 is 0. The molecule has 1 heterocycles. The Morgan fingerprint density at radius 1 is 1.50 bits per heavy atom. The quantitative estimate of drug-likeness (QED) is 0.635. The normalized spacial score (nSPS) is 29.2. The van der Waals surface area contributed by atoms with Crippen LogP contribution in [0, 0.1) is 0 Å². The summed E-state index contributed by atoms with van der Waals surface area (Å²) in [6.07, 6.45) is 6.22. The highest BCUT2D eigenvalue weighted by Crippen LogP contribution is 2.31. The molecule has 0 aromatic heterocycles. The van der Waals surface area contributed by atoms with Crippen LogP contribution in [0.5, 0.6) is 0 Å². The summed E-state index contributed by atoms with van der Waals surface area (Å²) in [5.74, 6) is 0. The van der Waals surface area contributed by atoms with E-state index < -0.39 is 0 Å². The van der Waals surface area contributed by atoms with Crippen molar-refractivity contribution >= 4 is 0 Å². The van der Waals surface area contributed by atoms with Crippen LogP contribution in [0.2, 0.25) is 0 Å². The van der Waals surface area contributed by atoms with Gasteiger partial charge in [-0.25, -0.2) is 0 Å². The monoisotopic (exact) mass is 167 g/mol. The molecule has 1 fully saturated rings. The highest BCUT2D eigenvalue weighted by molar-refractivity contribution is 5.18. The third kappa shape index (κ3) is 1.71. The Hall–Kier alpha value is -0.300. The smallest absolute Gasteiger partial charge is 0.0389 e. The highest BCUT2D eigenvalue weighted by Gasteiger charge is 2.33. The first kappa shape index (κ1) is 9.79. The summed E-state index contributed by atoms with van der Waals surface area (Å²) >= 11 is 0. The van der Waals surface area contributed by atoms with Crippen LogP contribution in [0.1, 0.15) is 46.0 Å². The Morgan fingerprint density at radius 3 is 2.67 bits per heavy atom. The van der Waals surface area contributed by atoms with Crippen LogP contribution < -0.4 is 5.32 Å². The Labute approximate surface area is 76.2 Å². The van der Waals surface area contributed by atoms with E-state index in [0.717, 1.165) is 0 Å². The van der Waals surface area contributed by atoms with Crippen molar-refractivity contribution in [2.75, 3.05) is 6.54 Å². The van der Waals surface area contributed by atoms with Crippen LogP contribution in [0.25, 0.3) is 0 Å². The van der Waals surface area contributed by atoms with Crippen molar-refractivity contribution in [2.24, 2.45) is 0 Å². The summed E-state index contributed by atoms with van der Waals surface area (Å²) in [5.41, 5.74) is 1.72. The SMILES string of the molecule is C=C(CCC)[C@]1(CC)CCCN1. The average molecular weight is 167 g/mol. The molecule has 0 aliphatic carbocycles. The van der Waals surface area contributed by atoms with Gasteiger partial charge in [0.05, 0.1) is 0 Å². The van der Waals surface area contributed by atoms with Crippen molar-refractivity contribution in [2.45, 2.75) is 51.5 Å². The highest BCUT2D eigenvalue weighted by atomic mass is 15.0. The molecule has 0 radical (unpaired) electrons. The summed E-state index contributed by atoms with van der Waals surface area (Å²) in [7, 11) is 0. The van der Waals surface area contributed by atoms with Crippen molar-refractivity contribution in [3.63, 3.8) is 0 Å². The van der Waals surface area contributed by atoms with Crippen LogP contribution in [0.15, 0.2) is 12.2 Å². The third-order valence-electron chi connectivity index (χ3n) is 3.08. The van der Waals surface area contributed by atoms with Gasteiger partial charge < -0.3 is 5.32 Å². The lowest BCUT2D eigenvalue weighted by molar-refractivity contribution is 0.415. The van der Waals surface area contributed by atoms with Gasteiger partial charge in [-0.3, -0.25) is 0 Å². The van der Waals surface area contributed by atoms with E-state index in [-0.39, 0.29) is 0 Å². The second kappa shape index (κ2) is 4.08. The molecular weight excluding hydrogens is 146 g/mol. The lowest BCUT2D eigenvalue weighted by Crippen LogP contribution is -2.40. The van der Waals surface area contributed by atoms with E-state index in [2.05, 4.69) is 25.7 Å². The van der Waals surface area contributed by atoms with Crippen molar-refractivity contribution in [1.82, 2.24) is 5.32 Å². The zero-order valence-electron chi connectivity index (χ0n) is 8.45. The van der Waals surface area contributed by atoms with Gasteiger partial charge in [0, 0.05) is 5.54 Å². The van der Waals surface area contributed by atoms with E-state index in [1.807, 2.05) is 0 Å². The minimum Gasteiger partial charge on any atom is -0.308 e. The second-order valence-corrected chi connectivity index (χ2v) is 3.82. The lowest BCUT2D eigenvalue weighted by Gasteiger charge is -2.30. The fraction of sp³-hybridized carbons (Fsp3) is 0.818. The molecule has 0 bridgehead atoms. The van der Waals surface area contributed by atoms with E-state index in [1.54, 1.807) is 0 Å². The van der Waals surface area contributed by atoms with E-state index in [1.165, 1.54) is 44.2 Å². The number of hydrogen-bond donors (Lipinski definition) is 1. The van der Waals surface area contributed by atoms with E-state index in [0.29, 0.717) is 5.54 Å². The molecule has 0 saturated carbocycles. The summed E-state index contributed by atoms with van der Waals surface area (Å²) in [6, 6.07) is 0. The van der Waals surface area contributed by atoms with Crippen LogP contribution in [0.3, 0.4) is 0 Å². The molecule has 1 aliphatic rings. The molecule has 0 unspecified atom stereocenters. The Balaban J connectivity index is 2.59. The molecule has 1 atom stereocenters. The van der Waals surface area contributed by atoms with Gasteiger partial charge in [-0.1, -0.05) is 32.4 Å². The summed E-state index contributed by atoms with van der Waals surface area (Å²) in [4.78, 5) is 0. The zero-order valence-corrected chi connectivity index (χ0v) is 8.45. The topological polar surface area (TPSA) is 12.0 Å². The van der Waals surface area contributed by atoms with Gasteiger partial charge in [0.25, 0.3) is 0 Å². The van der Waals surface area contributed by atoms with E-state index in [4.69, 9.17) is 0 Å². The van der Waals surface area contributed by atoms with Crippen molar-refractivity contribution in [3.8, 4) is 0 Å². The molecule has 1 heteroatoms. The van der Waals surface area contributed by atoms with Crippen molar-refractivity contribution in [1.29, 1.82) is 0 Å². The maximum Gasteiger partial charge on any atom is 0.0389 e. The maximum atomic E-state index is 4.21. The zero-order chi connectivity index (χ0) is 9.03. The van der Waals surface area contributed by atoms with Crippen LogP contribution in [0.4, 0.5) is 0 Å². The Kier molecular flexibility index (Phi) is 3.33. The standard InChI is InChI=1S/C11H21N/c1-4-7-10(3)11(5-2)8-6-9-12-11/h12H,3-9H2,1-2H3/t11-/m0/s1. The number of nitrogens with one attached hydrogen (secondary N) is 1. The molecule has 0 amide bonds. The van der Waals surface area contributed by atoms with E-state index in [9.17, 15) is 0 Å². The fourth-order valence-corrected chi connectivity index (χ4v) is 2.20. The van der Waals surface area contributed by atoms with Crippen molar-refractivity contribution < 1.29 is 0 Å². The average Bonchev–Trinajstić information content (AvgIpc) is 2.54. The van der Waals surface area contributed by atoms with Crippen LogP contribution >= 0.6 is 0 Å².